The van der Waals surface area contributed by atoms with E-state index in [4.69, 9.17) is 0 Å². The van der Waals surface area contributed by atoms with Crippen LogP contribution in [-0.2, 0) is 12.8 Å². The Kier molecular flexibility index (Phi) is 6.53. The standard InChI is InChI=1S/C26H36F2/c1-2-3-4-18-5-7-22-16-24(11-9-20(22)13-18)25-12-10-21-14-19(15-26(27)28)6-8-23(21)17-25/h9,11,15-16,18-19,21,23,25H,2-8,10,12-14,17H2,1H3. The van der Waals surface area contributed by atoms with E-state index in [0.717, 1.165) is 31.1 Å². The monoisotopic (exact) mass is 386 g/mol. The van der Waals surface area contributed by atoms with Crippen LogP contribution in [0.4, 0.5) is 8.78 Å². The molecule has 0 nitrogen and oxygen atoms in total. The summed E-state index contributed by atoms with van der Waals surface area (Å²) in [6.45, 7) is 2.29. The normalized spacial score (nSPS) is 32.3. The Hall–Kier alpha value is -1.18. The maximum Gasteiger partial charge on any atom is 0.266 e. The molecule has 1 aromatic rings. The molecule has 1 aromatic carbocycles. The SMILES string of the molecule is CCCCC1CCc2cc(C3CCC4CC(C=C(F)F)CCC4C3)ccc2C1. The maximum absolute atomic E-state index is 12.6. The van der Waals surface area contributed by atoms with Gasteiger partial charge in [-0.15, -0.1) is 0 Å². The smallest absolute Gasteiger partial charge is 0.174 e. The molecule has 3 aliphatic rings. The summed E-state index contributed by atoms with van der Waals surface area (Å²) < 4.78 is 25.2. The summed E-state index contributed by atoms with van der Waals surface area (Å²) in [7, 11) is 0. The summed E-state index contributed by atoms with van der Waals surface area (Å²) in [5.74, 6) is 3.12. The Labute approximate surface area is 169 Å². The third-order valence-electron chi connectivity index (χ3n) is 8.01. The summed E-state index contributed by atoms with van der Waals surface area (Å²) in [4.78, 5) is 0. The van der Waals surface area contributed by atoms with Gasteiger partial charge in [-0.2, -0.15) is 8.78 Å². The number of aryl methyl sites for hydroxylation is 1. The lowest BCUT2D eigenvalue weighted by Gasteiger charge is -2.42. The highest BCUT2D eigenvalue weighted by atomic mass is 19.3. The van der Waals surface area contributed by atoms with Crippen LogP contribution >= 0.6 is 0 Å². The summed E-state index contributed by atoms with van der Waals surface area (Å²) in [6, 6.07) is 7.38. The molecule has 2 saturated carbocycles. The zero-order valence-electron chi connectivity index (χ0n) is 17.4. The first-order valence-corrected chi connectivity index (χ1v) is 11.8. The molecule has 4 rings (SSSR count). The molecule has 2 heteroatoms. The largest absolute Gasteiger partial charge is 0.266 e. The molecule has 0 N–H and O–H groups in total. The zero-order chi connectivity index (χ0) is 19.5. The highest BCUT2D eigenvalue weighted by Crippen LogP contribution is 2.48. The molecule has 0 spiro atoms. The zero-order valence-corrected chi connectivity index (χ0v) is 17.4. The van der Waals surface area contributed by atoms with E-state index in [-0.39, 0.29) is 5.92 Å². The Bertz CT molecular complexity index is 688. The first kappa shape index (κ1) is 20.1. The van der Waals surface area contributed by atoms with Gasteiger partial charge in [-0.1, -0.05) is 44.4 Å². The second-order valence-electron chi connectivity index (χ2n) is 9.84. The van der Waals surface area contributed by atoms with Gasteiger partial charge in [-0.25, -0.2) is 0 Å². The van der Waals surface area contributed by atoms with Crippen LogP contribution in [-0.4, -0.2) is 0 Å². The van der Waals surface area contributed by atoms with Crippen LogP contribution in [0.2, 0.25) is 0 Å². The van der Waals surface area contributed by atoms with E-state index < -0.39 is 6.08 Å². The lowest BCUT2D eigenvalue weighted by atomic mass is 9.63. The van der Waals surface area contributed by atoms with Gasteiger partial charge in [-0.3, -0.25) is 0 Å². The van der Waals surface area contributed by atoms with Crippen LogP contribution in [0.15, 0.2) is 30.4 Å². The molecule has 5 atom stereocenters. The summed E-state index contributed by atoms with van der Waals surface area (Å²) >= 11 is 0. The van der Waals surface area contributed by atoms with E-state index in [0.29, 0.717) is 11.8 Å². The van der Waals surface area contributed by atoms with Gasteiger partial charge in [0, 0.05) is 0 Å². The molecule has 28 heavy (non-hydrogen) atoms. The van der Waals surface area contributed by atoms with Crippen molar-refractivity contribution in [3.05, 3.63) is 47.0 Å². The van der Waals surface area contributed by atoms with Crippen molar-refractivity contribution in [1.29, 1.82) is 0 Å². The third-order valence-corrected chi connectivity index (χ3v) is 8.01. The number of benzene rings is 1. The van der Waals surface area contributed by atoms with Gasteiger partial charge in [0.25, 0.3) is 6.08 Å². The number of fused-ring (bicyclic) bond motifs is 2. The van der Waals surface area contributed by atoms with E-state index in [1.165, 1.54) is 63.9 Å². The third kappa shape index (κ3) is 4.69. The molecular formula is C26H36F2. The number of halogens is 2. The van der Waals surface area contributed by atoms with Crippen molar-refractivity contribution in [2.24, 2.45) is 23.7 Å². The van der Waals surface area contributed by atoms with Crippen LogP contribution in [0.25, 0.3) is 0 Å². The van der Waals surface area contributed by atoms with Gasteiger partial charge >= 0.3 is 0 Å². The number of rotatable bonds is 5. The van der Waals surface area contributed by atoms with Crippen molar-refractivity contribution in [3.8, 4) is 0 Å². The van der Waals surface area contributed by atoms with E-state index >= 15 is 0 Å². The molecule has 0 saturated heterocycles. The maximum atomic E-state index is 12.6. The number of hydrogen-bond donors (Lipinski definition) is 0. The van der Waals surface area contributed by atoms with Crippen molar-refractivity contribution in [2.45, 2.75) is 89.9 Å². The molecule has 0 heterocycles. The first-order chi connectivity index (χ1) is 13.6. The van der Waals surface area contributed by atoms with E-state index in [1.54, 1.807) is 16.7 Å². The van der Waals surface area contributed by atoms with Crippen molar-refractivity contribution < 1.29 is 8.78 Å². The quantitative estimate of drug-likeness (QED) is 0.480. The first-order valence-electron chi connectivity index (χ1n) is 11.8. The van der Waals surface area contributed by atoms with E-state index in [1.807, 2.05) is 0 Å². The Morgan fingerprint density at radius 3 is 2.64 bits per heavy atom. The van der Waals surface area contributed by atoms with Crippen LogP contribution in [0.5, 0.6) is 0 Å². The van der Waals surface area contributed by atoms with Crippen LogP contribution in [0, 0.1) is 23.7 Å². The summed E-state index contributed by atoms with van der Waals surface area (Å²) in [5, 5.41) is 0. The topological polar surface area (TPSA) is 0 Å². The van der Waals surface area contributed by atoms with Gasteiger partial charge in [0.2, 0.25) is 0 Å². The number of unbranched alkanes of at least 4 members (excludes halogenated alkanes) is 1. The fourth-order valence-corrected chi connectivity index (χ4v) is 6.40. The molecule has 5 unspecified atom stereocenters. The van der Waals surface area contributed by atoms with Crippen molar-refractivity contribution in [1.82, 2.24) is 0 Å². The highest BCUT2D eigenvalue weighted by Gasteiger charge is 2.36. The molecule has 2 fully saturated rings. The number of hydrogen-bond acceptors (Lipinski definition) is 0. The Balaban J connectivity index is 1.37. The summed E-state index contributed by atoms with van der Waals surface area (Å²) in [5.41, 5.74) is 4.77. The van der Waals surface area contributed by atoms with Crippen LogP contribution in [0.1, 0.15) is 93.7 Å². The van der Waals surface area contributed by atoms with E-state index in [9.17, 15) is 8.78 Å². The second kappa shape index (κ2) is 9.09. The molecule has 0 aromatic heterocycles. The fourth-order valence-electron chi connectivity index (χ4n) is 6.40. The predicted octanol–water partition coefficient (Wildman–Crippen LogP) is 8.06. The van der Waals surface area contributed by atoms with Crippen LogP contribution in [0.3, 0.4) is 0 Å². The molecule has 3 aliphatic carbocycles. The van der Waals surface area contributed by atoms with Crippen molar-refractivity contribution in [2.75, 3.05) is 0 Å². The molecule has 0 amide bonds. The van der Waals surface area contributed by atoms with E-state index in [2.05, 4.69) is 25.1 Å². The lowest BCUT2D eigenvalue weighted by Crippen LogP contribution is -2.30. The van der Waals surface area contributed by atoms with Crippen molar-refractivity contribution >= 4 is 0 Å². The van der Waals surface area contributed by atoms with Crippen molar-refractivity contribution in [3.63, 3.8) is 0 Å². The lowest BCUT2D eigenvalue weighted by molar-refractivity contribution is 0.132. The highest BCUT2D eigenvalue weighted by molar-refractivity contribution is 5.36. The van der Waals surface area contributed by atoms with Gasteiger partial charge in [0.1, 0.15) is 0 Å². The van der Waals surface area contributed by atoms with Gasteiger partial charge < -0.3 is 0 Å². The molecule has 154 valence electrons. The van der Waals surface area contributed by atoms with Crippen LogP contribution < -0.4 is 0 Å². The molecule has 0 aliphatic heterocycles. The average molecular weight is 387 g/mol. The second-order valence-corrected chi connectivity index (χ2v) is 9.84. The Morgan fingerprint density at radius 2 is 1.82 bits per heavy atom. The minimum absolute atomic E-state index is 0.118. The van der Waals surface area contributed by atoms with Gasteiger partial charge in [0.15, 0.2) is 0 Å². The Morgan fingerprint density at radius 1 is 1.00 bits per heavy atom. The molecule has 0 radical (unpaired) electrons. The number of allylic oxidation sites excluding steroid dienone is 1. The van der Waals surface area contributed by atoms with Gasteiger partial charge in [0.05, 0.1) is 0 Å². The molecule has 0 bridgehead atoms. The predicted molar refractivity (Wildman–Crippen MR) is 113 cm³/mol. The van der Waals surface area contributed by atoms with Gasteiger partial charge in [-0.05, 0) is 110 Å². The average Bonchev–Trinajstić information content (AvgIpc) is 2.71. The molecular weight excluding hydrogens is 350 g/mol. The summed E-state index contributed by atoms with van der Waals surface area (Å²) in [6.07, 6.45) is 14.5. The fraction of sp³-hybridized carbons (Fsp3) is 0.692. The minimum atomic E-state index is -1.48. The minimum Gasteiger partial charge on any atom is -0.174 e.